The molecule has 0 aliphatic carbocycles. The van der Waals surface area contributed by atoms with Crippen LogP contribution in [0, 0.1) is 0 Å². The van der Waals surface area contributed by atoms with Crippen LogP contribution in [0.25, 0.3) is 11.0 Å². The van der Waals surface area contributed by atoms with Gasteiger partial charge in [-0.1, -0.05) is 42.5 Å². The number of ether oxygens (including phenoxy) is 4. The van der Waals surface area contributed by atoms with Crippen LogP contribution in [-0.4, -0.2) is 47.7 Å². The number of halogens is 3. The van der Waals surface area contributed by atoms with Gasteiger partial charge in [0.15, 0.2) is 5.65 Å². The van der Waals surface area contributed by atoms with Gasteiger partial charge in [-0.05, 0) is 23.3 Å². The Morgan fingerprint density at radius 1 is 0.889 bits per heavy atom. The van der Waals surface area contributed by atoms with E-state index in [0.717, 1.165) is 17.7 Å². The van der Waals surface area contributed by atoms with Crippen molar-refractivity contribution in [2.75, 3.05) is 27.9 Å². The van der Waals surface area contributed by atoms with Crippen LogP contribution in [0.2, 0.25) is 0 Å². The summed E-state index contributed by atoms with van der Waals surface area (Å²) in [6.07, 6.45) is -4.44. The SMILES string of the molecule is COCC(c1ccc(C(F)(F)F)cc1)n1nc(COCc2ccccc2)c2c(OC)nc(OC)nc21. The maximum atomic E-state index is 13.1. The Morgan fingerprint density at radius 3 is 2.22 bits per heavy atom. The fraction of sp³-hybridized carbons (Fsp3) is 0.320. The molecule has 11 heteroatoms. The van der Waals surface area contributed by atoms with Crippen LogP contribution in [0.1, 0.15) is 28.4 Å². The summed E-state index contributed by atoms with van der Waals surface area (Å²) >= 11 is 0. The van der Waals surface area contributed by atoms with Gasteiger partial charge < -0.3 is 18.9 Å². The van der Waals surface area contributed by atoms with Gasteiger partial charge in [0, 0.05) is 7.11 Å². The van der Waals surface area contributed by atoms with Crippen molar-refractivity contribution in [3.63, 3.8) is 0 Å². The molecule has 0 amide bonds. The first-order valence-electron chi connectivity index (χ1n) is 11.0. The van der Waals surface area contributed by atoms with E-state index >= 15 is 0 Å². The molecule has 4 rings (SSSR count). The molecular weight excluding hydrogens is 477 g/mol. The number of hydrogen-bond donors (Lipinski definition) is 0. The molecule has 8 nitrogen and oxygen atoms in total. The second kappa shape index (κ2) is 10.9. The van der Waals surface area contributed by atoms with E-state index < -0.39 is 17.8 Å². The minimum atomic E-state index is -4.44. The van der Waals surface area contributed by atoms with E-state index in [9.17, 15) is 13.2 Å². The third-order valence-corrected chi connectivity index (χ3v) is 5.54. The highest BCUT2D eigenvalue weighted by Gasteiger charge is 2.31. The molecule has 2 aromatic heterocycles. The monoisotopic (exact) mass is 502 g/mol. The van der Waals surface area contributed by atoms with Gasteiger partial charge >= 0.3 is 12.2 Å². The lowest BCUT2D eigenvalue weighted by atomic mass is 10.1. The summed E-state index contributed by atoms with van der Waals surface area (Å²) < 4.78 is 62.9. The first-order valence-corrected chi connectivity index (χ1v) is 11.0. The van der Waals surface area contributed by atoms with E-state index in [1.54, 1.807) is 4.68 Å². The van der Waals surface area contributed by atoms with Gasteiger partial charge in [-0.3, -0.25) is 0 Å². The van der Waals surface area contributed by atoms with Crippen molar-refractivity contribution >= 4 is 11.0 Å². The van der Waals surface area contributed by atoms with Crippen LogP contribution in [0.4, 0.5) is 13.2 Å². The van der Waals surface area contributed by atoms with Crippen molar-refractivity contribution in [1.29, 1.82) is 0 Å². The third kappa shape index (κ3) is 5.42. The van der Waals surface area contributed by atoms with Crippen molar-refractivity contribution < 1.29 is 32.1 Å². The third-order valence-electron chi connectivity index (χ3n) is 5.54. The first-order chi connectivity index (χ1) is 17.4. The Balaban J connectivity index is 1.77. The van der Waals surface area contributed by atoms with E-state index in [1.165, 1.54) is 33.5 Å². The van der Waals surface area contributed by atoms with E-state index in [0.29, 0.717) is 28.9 Å². The van der Waals surface area contributed by atoms with Crippen molar-refractivity contribution in [3.8, 4) is 11.9 Å². The largest absolute Gasteiger partial charge is 0.480 e. The summed E-state index contributed by atoms with van der Waals surface area (Å²) in [4.78, 5) is 8.74. The highest BCUT2D eigenvalue weighted by molar-refractivity contribution is 5.84. The molecule has 0 N–H and O–H groups in total. The molecule has 36 heavy (non-hydrogen) atoms. The zero-order chi connectivity index (χ0) is 25.7. The number of alkyl halides is 3. The number of nitrogens with zero attached hydrogens (tertiary/aromatic N) is 4. The van der Waals surface area contributed by atoms with E-state index in [2.05, 4.69) is 9.97 Å². The predicted molar refractivity (Wildman–Crippen MR) is 125 cm³/mol. The van der Waals surface area contributed by atoms with Crippen molar-refractivity contribution in [1.82, 2.24) is 19.7 Å². The summed E-state index contributed by atoms with van der Waals surface area (Å²) in [7, 11) is 4.40. The molecule has 190 valence electrons. The molecule has 0 aliphatic heterocycles. The molecule has 1 unspecified atom stereocenters. The minimum Gasteiger partial charge on any atom is -0.480 e. The standard InChI is InChI=1S/C25H25F3N4O4/c1-33-15-20(17-9-11-18(12-10-17)25(26,27)28)32-22-21(23(34-2)30-24(29-22)35-3)19(31-32)14-36-13-16-7-5-4-6-8-16/h4-12,20H,13-15H2,1-3H3. The zero-order valence-corrected chi connectivity index (χ0v) is 20.0. The topological polar surface area (TPSA) is 80.5 Å². The lowest BCUT2D eigenvalue weighted by molar-refractivity contribution is -0.137. The Hall–Kier alpha value is -3.70. The van der Waals surface area contributed by atoms with Crippen LogP contribution in [0.15, 0.2) is 54.6 Å². The molecule has 0 spiro atoms. The second-order valence-electron chi connectivity index (χ2n) is 7.88. The quantitative estimate of drug-likeness (QED) is 0.308. The maximum Gasteiger partial charge on any atom is 0.416 e. The molecule has 0 saturated carbocycles. The average Bonchev–Trinajstić information content (AvgIpc) is 3.25. The molecule has 0 bridgehead atoms. The molecule has 0 saturated heterocycles. The van der Waals surface area contributed by atoms with Gasteiger partial charge in [-0.15, -0.1) is 0 Å². The van der Waals surface area contributed by atoms with Gasteiger partial charge in [0.2, 0.25) is 5.88 Å². The number of methoxy groups -OCH3 is 3. The van der Waals surface area contributed by atoms with Gasteiger partial charge in [0.05, 0.1) is 39.6 Å². The van der Waals surface area contributed by atoms with Crippen LogP contribution in [-0.2, 0) is 28.9 Å². The van der Waals surface area contributed by atoms with Crippen LogP contribution in [0.3, 0.4) is 0 Å². The Bertz CT molecular complexity index is 1290. The van der Waals surface area contributed by atoms with Crippen molar-refractivity contribution in [2.24, 2.45) is 0 Å². The van der Waals surface area contributed by atoms with E-state index in [-0.39, 0.29) is 25.1 Å². The zero-order valence-electron chi connectivity index (χ0n) is 20.0. The van der Waals surface area contributed by atoms with Crippen LogP contribution in [0.5, 0.6) is 11.9 Å². The lowest BCUT2D eigenvalue weighted by Crippen LogP contribution is -2.19. The van der Waals surface area contributed by atoms with E-state index in [4.69, 9.17) is 24.0 Å². The summed E-state index contributed by atoms with van der Waals surface area (Å²) in [5.74, 6) is 0.241. The van der Waals surface area contributed by atoms with Crippen molar-refractivity contribution in [2.45, 2.75) is 25.4 Å². The molecule has 2 heterocycles. The summed E-state index contributed by atoms with van der Waals surface area (Å²) in [5, 5.41) is 5.24. The summed E-state index contributed by atoms with van der Waals surface area (Å²) in [6, 6.07) is 14.0. The Kier molecular flexibility index (Phi) is 7.70. The van der Waals surface area contributed by atoms with Gasteiger partial charge in [0.25, 0.3) is 0 Å². The summed E-state index contributed by atoms with van der Waals surface area (Å²) in [6.45, 7) is 0.604. The number of aromatic nitrogens is 4. The number of rotatable bonds is 10. The molecule has 1 atom stereocenters. The Labute approximate surface area is 205 Å². The molecular formula is C25H25F3N4O4. The van der Waals surface area contributed by atoms with Gasteiger partial charge in [0.1, 0.15) is 17.1 Å². The first kappa shape index (κ1) is 25.4. The molecule has 0 aliphatic rings. The highest BCUT2D eigenvalue weighted by Crippen LogP contribution is 2.34. The number of benzene rings is 2. The van der Waals surface area contributed by atoms with E-state index in [1.807, 2.05) is 30.3 Å². The van der Waals surface area contributed by atoms with Crippen LogP contribution >= 0.6 is 0 Å². The predicted octanol–water partition coefficient (Wildman–Crippen LogP) is 4.81. The maximum absolute atomic E-state index is 13.1. The molecule has 0 radical (unpaired) electrons. The Morgan fingerprint density at radius 2 is 1.61 bits per heavy atom. The average molecular weight is 502 g/mol. The lowest BCUT2D eigenvalue weighted by Gasteiger charge is -2.19. The minimum absolute atomic E-state index is 0.0563. The molecule has 0 fully saturated rings. The van der Waals surface area contributed by atoms with Crippen molar-refractivity contribution in [3.05, 3.63) is 77.0 Å². The second-order valence-corrected chi connectivity index (χ2v) is 7.88. The van der Waals surface area contributed by atoms with Gasteiger partial charge in [-0.2, -0.15) is 28.2 Å². The molecule has 2 aromatic carbocycles. The normalized spacial score (nSPS) is 12.6. The smallest absolute Gasteiger partial charge is 0.416 e. The molecule has 4 aromatic rings. The highest BCUT2D eigenvalue weighted by atomic mass is 19.4. The number of hydrogen-bond acceptors (Lipinski definition) is 7. The fourth-order valence-electron chi connectivity index (χ4n) is 3.81. The number of fused-ring (bicyclic) bond motifs is 1. The fourth-order valence-corrected chi connectivity index (χ4v) is 3.81. The summed E-state index contributed by atoms with van der Waals surface area (Å²) in [5.41, 5.74) is 1.69. The van der Waals surface area contributed by atoms with Crippen LogP contribution < -0.4 is 9.47 Å². The van der Waals surface area contributed by atoms with Gasteiger partial charge in [-0.25, -0.2) is 4.68 Å².